The molecule has 2 N–H and O–H groups in total. The lowest BCUT2D eigenvalue weighted by Crippen LogP contribution is -2.50. The van der Waals surface area contributed by atoms with Crippen LogP contribution in [0.15, 0.2) is 29.2 Å². The molecule has 1 heterocycles. The van der Waals surface area contributed by atoms with Crippen LogP contribution in [0.5, 0.6) is 0 Å². The maximum absolute atomic E-state index is 12.8. The number of carbonyl (C=O) groups is 2. The zero-order valence-electron chi connectivity index (χ0n) is 15.3. The second-order valence-corrected chi connectivity index (χ2v) is 9.02. The molecule has 2 atom stereocenters. The van der Waals surface area contributed by atoms with Crippen LogP contribution in [-0.4, -0.2) is 48.8 Å². The molecule has 1 saturated heterocycles. The predicted molar refractivity (Wildman–Crippen MR) is 97.1 cm³/mol. The number of rotatable bonds is 6. The Labute approximate surface area is 154 Å². The van der Waals surface area contributed by atoms with E-state index in [4.69, 9.17) is 0 Å². The molecule has 1 aliphatic heterocycles. The number of aryl methyl sites for hydroxylation is 1. The van der Waals surface area contributed by atoms with Crippen molar-refractivity contribution in [2.75, 3.05) is 13.1 Å². The fourth-order valence-electron chi connectivity index (χ4n) is 3.02. The van der Waals surface area contributed by atoms with E-state index in [-0.39, 0.29) is 17.4 Å². The second-order valence-electron chi connectivity index (χ2n) is 7.08. The van der Waals surface area contributed by atoms with Crippen LogP contribution < -0.4 is 5.32 Å². The third kappa shape index (κ3) is 4.62. The van der Waals surface area contributed by atoms with Gasteiger partial charge in [-0.25, -0.2) is 13.2 Å². The molecule has 0 bridgehead atoms. The van der Waals surface area contributed by atoms with Gasteiger partial charge in [0, 0.05) is 13.1 Å². The van der Waals surface area contributed by atoms with Crippen LogP contribution in [0.4, 0.5) is 0 Å². The molecule has 0 aromatic heterocycles. The summed E-state index contributed by atoms with van der Waals surface area (Å²) in [6.45, 7) is 5.73. The van der Waals surface area contributed by atoms with E-state index in [9.17, 15) is 23.1 Å². The highest BCUT2D eigenvalue weighted by atomic mass is 32.2. The average molecular weight is 382 g/mol. The molecule has 2 unspecified atom stereocenters. The molecule has 26 heavy (non-hydrogen) atoms. The van der Waals surface area contributed by atoms with Crippen molar-refractivity contribution < 1.29 is 23.1 Å². The van der Waals surface area contributed by atoms with Gasteiger partial charge in [0.1, 0.15) is 6.04 Å². The highest BCUT2D eigenvalue weighted by Gasteiger charge is 2.35. The van der Waals surface area contributed by atoms with Gasteiger partial charge in [0.15, 0.2) is 0 Å². The summed E-state index contributed by atoms with van der Waals surface area (Å²) < 4.78 is 26.9. The summed E-state index contributed by atoms with van der Waals surface area (Å²) in [6.07, 6.45) is 1.10. The lowest BCUT2D eigenvalue weighted by atomic mass is 9.97. The zero-order valence-corrected chi connectivity index (χ0v) is 16.1. The van der Waals surface area contributed by atoms with Gasteiger partial charge in [-0.2, -0.15) is 4.31 Å². The number of aliphatic carboxylic acids is 1. The molecule has 0 saturated carbocycles. The summed E-state index contributed by atoms with van der Waals surface area (Å²) in [4.78, 5) is 24.0. The van der Waals surface area contributed by atoms with Crippen molar-refractivity contribution in [2.45, 2.75) is 44.6 Å². The minimum absolute atomic E-state index is 0.0620. The van der Waals surface area contributed by atoms with E-state index in [1.165, 1.54) is 4.31 Å². The summed E-state index contributed by atoms with van der Waals surface area (Å²) in [6, 6.07) is 5.62. The number of amides is 1. The van der Waals surface area contributed by atoms with Crippen molar-refractivity contribution >= 4 is 21.9 Å². The molecular formula is C18H26N2O5S. The highest BCUT2D eigenvalue weighted by molar-refractivity contribution is 7.89. The Morgan fingerprint density at radius 1 is 1.23 bits per heavy atom. The van der Waals surface area contributed by atoms with Crippen molar-refractivity contribution in [1.29, 1.82) is 0 Å². The number of carboxylic acids is 1. The average Bonchev–Trinajstić information content (AvgIpc) is 2.59. The molecule has 144 valence electrons. The van der Waals surface area contributed by atoms with Crippen LogP contribution in [-0.2, 0) is 19.6 Å². The van der Waals surface area contributed by atoms with Gasteiger partial charge in [0.05, 0.1) is 10.8 Å². The quantitative estimate of drug-likeness (QED) is 0.778. The number of benzene rings is 1. The normalized spacial score (nSPS) is 19.9. The van der Waals surface area contributed by atoms with Crippen LogP contribution in [0.2, 0.25) is 0 Å². The summed E-state index contributed by atoms with van der Waals surface area (Å²) >= 11 is 0. The van der Waals surface area contributed by atoms with E-state index in [0.29, 0.717) is 19.4 Å². The van der Waals surface area contributed by atoms with Gasteiger partial charge in [0.25, 0.3) is 0 Å². The van der Waals surface area contributed by atoms with Crippen LogP contribution in [0.3, 0.4) is 0 Å². The molecule has 1 aromatic carbocycles. The van der Waals surface area contributed by atoms with E-state index in [2.05, 4.69) is 5.32 Å². The number of hydrogen-bond acceptors (Lipinski definition) is 4. The Morgan fingerprint density at radius 2 is 1.85 bits per heavy atom. The Hall–Kier alpha value is -1.93. The standard InChI is InChI=1S/C18H26N2O5S/c1-12(2)16(18(22)23)19-17(21)14-5-4-10-20(11-14)26(24,25)15-8-6-13(3)7-9-15/h6-9,12,14,16H,4-5,10-11H2,1-3H3,(H,19,21)(H,22,23). The summed E-state index contributed by atoms with van der Waals surface area (Å²) in [5.41, 5.74) is 0.966. The van der Waals surface area contributed by atoms with Gasteiger partial charge in [-0.3, -0.25) is 4.79 Å². The fraction of sp³-hybridized carbons (Fsp3) is 0.556. The van der Waals surface area contributed by atoms with E-state index in [0.717, 1.165) is 5.56 Å². The molecular weight excluding hydrogens is 356 g/mol. The second kappa shape index (κ2) is 8.18. The van der Waals surface area contributed by atoms with E-state index < -0.39 is 33.9 Å². The Balaban J connectivity index is 2.12. The van der Waals surface area contributed by atoms with Gasteiger partial charge in [-0.15, -0.1) is 0 Å². The number of nitrogens with zero attached hydrogens (tertiary/aromatic N) is 1. The summed E-state index contributed by atoms with van der Waals surface area (Å²) in [5, 5.41) is 11.8. The van der Waals surface area contributed by atoms with Crippen LogP contribution in [0.25, 0.3) is 0 Å². The van der Waals surface area contributed by atoms with E-state index >= 15 is 0 Å². The van der Waals surface area contributed by atoms with Crippen molar-refractivity contribution in [1.82, 2.24) is 9.62 Å². The van der Waals surface area contributed by atoms with Crippen molar-refractivity contribution in [3.8, 4) is 0 Å². The third-order valence-electron chi connectivity index (χ3n) is 4.64. The van der Waals surface area contributed by atoms with Crippen LogP contribution in [0, 0.1) is 18.8 Å². The molecule has 1 aliphatic rings. The monoisotopic (exact) mass is 382 g/mol. The Morgan fingerprint density at radius 3 is 2.38 bits per heavy atom. The van der Waals surface area contributed by atoms with Gasteiger partial charge >= 0.3 is 5.97 Å². The summed E-state index contributed by atoms with van der Waals surface area (Å²) in [7, 11) is -3.67. The number of nitrogens with one attached hydrogen (secondary N) is 1. The SMILES string of the molecule is Cc1ccc(S(=O)(=O)N2CCCC(C(=O)NC(C(=O)O)C(C)C)C2)cc1. The number of piperidine rings is 1. The topological polar surface area (TPSA) is 104 Å². The first-order valence-electron chi connectivity index (χ1n) is 8.73. The van der Waals surface area contributed by atoms with Gasteiger partial charge in [0.2, 0.25) is 15.9 Å². The number of carbonyl (C=O) groups excluding carboxylic acids is 1. The molecule has 2 rings (SSSR count). The molecule has 7 nitrogen and oxygen atoms in total. The molecule has 0 aliphatic carbocycles. The number of carboxylic acid groups (broad SMARTS) is 1. The van der Waals surface area contributed by atoms with Crippen molar-refractivity contribution in [2.24, 2.45) is 11.8 Å². The first kappa shape index (κ1) is 20.4. The molecule has 1 amide bonds. The first-order chi connectivity index (χ1) is 12.1. The number of hydrogen-bond donors (Lipinski definition) is 2. The maximum atomic E-state index is 12.8. The molecule has 1 aromatic rings. The lowest BCUT2D eigenvalue weighted by Gasteiger charge is -2.32. The maximum Gasteiger partial charge on any atom is 0.326 e. The third-order valence-corrected chi connectivity index (χ3v) is 6.52. The summed E-state index contributed by atoms with van der Waals surface area (Å²) in [5.74, 6) is -2.31. The van der Waals surface area contributed by atoms with E-state index in [1.807, 2.05) is 6.92 Å². The van der Waals surface area contributed by atoms with Crippen molar-refractivity contribution in [3.63, 3.8) is 0 Å². The Kier molecular flexibility index (Phi) is 6.41. The smallest absolute Gasteiger partial charge is 0.326 e. The van der Waals surface area contributed by atoms with Crippen LogP contribution >= 0.6 is 0 Å². The highest BCUT2D eigenvalue weighted by Crippen LogP contribution is 2.24. The van der Waals surface area contributed by atoms with Gasteiger partial charge in [-0.05, 0) is 37.8 Å². The molecule has 8 heteroatoms. The fourth-order valence-corrected chi connectivity index (χ4v) is 4.54. The van der Waals surface area contributed by atoms with E-state index in [1.54, 1.807) is 38.1 Å². The zero-order chi connectivity index (χ0) is 19.5. The van der Waals surface area contributed by atoms with Crippen molar-refractivity contribution in [3.05, 3.63) is 29.8 Å². The Bertz CT molecular complexity index is 758. The minimum atomic E-state index is -3.67. The largest absolute Gasteiger partial charge is 0.480 e. The predicted octanol–water partition coefficient (Wildman–Crippen LogP) is 1.62. The minimum Gasteiger partial charge on any atom is -0.480 e. The van der Waals surface area contributed by atoms with Crippen LogP contribution in [0.1, 0.15) is 32.3 Å². The van der Waals surface area contributed by atoms with Gasteiger partial charge < -0.3 is 10.4 Å². The molecule has 0 spiro atoms. The lowest BCUT2D eigenvalue weighted by molar-refractivity contribution is -0.144. The van der Waals surface area contributed by atoms with Gasteiger partial charge in [-0.1, -0.05) is 31.5 Å². The first-order valence-corrected chi connectivity index (χ1v) is 10.2. The molecule has 1 fully saturated rings. The molecule has 0 radical (unpaired) electrons. The number of sulfonamides is 1.